The quantitative estimate of drug-likeness (QED) is 0.434. The summed E-state index contributed by atoms with van der Waals surface area (Å²) in [5, 5.41) is 0. The van der Waals surface area contributed by atoms with Gasteiger partial charge in [0.2, 0.25) is 0 Å². The average molecular weight is 400 g/mol. The van der Waals surface area contributed by atoms with E-state index in [1.807, 2.05) is 0 Å². The molecule has 2 aromatic rings. The number of carbonyl (C=O) groups excluding carboxylic acids is 2. The van der Waals surface area contributed by atoms with Gasteiger partial charge in [-0.05, 0) is 30.3 Å². The molecule has 0 spiro atoms. The Kier molecular flexibility index (Phi) is 6.88. The van der Waals surface area contributed by atoms with Gasteiger partial charge in [-0.2, -0.15) is 13.2 Å². The molecule has 0 aliphatic heterocycles. The molecule has 0 heterocycles. The fraction of sp³-hybridized carbons (Fsp3) is 0.300. The third kappa shape index (κ3) is 5.61. The smallest absolute Gasteiger partial charge is 0.416 e. The molecular weight excluding hydrogens is 383 g/mol. The molecular formula is C20H17F5O3. The van der Waals surface area contributed by atoms with Crippen molar-refractivity contribution in [1.82, 2.24) is 0 Å². The van der Waals surface area contributed by atoms with Crippen molar-refractivity contribution in [2.24, 2.45) is 0 Å². The lowest BCUT2D eigenvalue weighted by Crippen LogP contribution is -2.11. The number of benzene rings is 2. The van der Waals surface area contributed by atoms with Gasteiger partial charge in [-0.1, -0.05) is 6.92 Å². The van der Waals surface area contributed by atoms with E-state index in [1.165, 1.54) is 0 Å². The summed E-state index contributed by atoms with van der Waals surface area (Å²) in [5.41, 5.74) is -1.42. The van der Waals surface area contributed by atoms with Crippen LogP contribution in [0.1, 0.15) is 47.7 Å². The lowest BCUT2D eigenvalue weighted by molar-refractivity contribution is -0.137. The maximum atomic E-state index is 13.7. The molecule has 0 saturated heterocycles. The van der Waals surface area contributed by atoms with Crippen molar-refractivity contribution in [1.29, 1.82) is 0 Å². The summed E-state index contributed by atoms with van der Waals surface area (Å²) >= 11 is 0. The zero-order valence-electron chi connectivity index (χ0n) is 14.9. The van der Waals surface area contributed by atoms with E-state index >= 15 is 0 Å². The van der Waals surface area contributed by atoms with E-state index in [1.54, 1.807) is 6.92 Å². The molecule has 0 aliphatic carbocycles. The van der Waals surface area contributed by atoms with Crippen LogP contribution >= 0.6 is 0 Å². The minimum atomic E-state index is -4.67. The zero-order chi connectivity index (χ0) is 20.9. The molecule has 0 aliphatic rings. The number of carbonyl (C=O) groups is 2. The highest BCUT2D eigenvalue weighted by Crippen LogP contribution is 2.33. The standard InChI is InChI=1S/C20H17F5O3/c1-2-15(26)6-7-18(27)16-9-13(20(23,24)25)4-8-19(16)28-11-12-3-5-14(21)10-17(12)22/h3-5,8-10H,2,6-7,11H2,1H3. The Balaban J connectivity index is 2.28. The Labute approximate surface area is 158 Å². The van der Waals surface area contributed by atoms with Crippen LogP contribution in [0.5, 0.6) is 5.75 Å². The molecule has 0 atom stereocenters. The first kappa shape index (κ1) is 21.5. The van der Waals surface area contributed by atoms with Gasteiger partial charge in [-0.3, -0.25) is 9.59 Å². The van der Waals surface area contributed by atoms with Gasteiger partial charge in [0.25, 0.3) is 0 Å². The minimum Gasteiger partial charge on any atom is -0.488 e. The number of hydrogen-bond donors (Lipinski definition) is 0. The minimum absolute atomic E-state index is 0.0270. The molecule has 0 amide bonds. The molecule has 0 fully saturated rings. The van der Waals surface area contributed by atoms with E-state index in [0.717, 1.165) is 24.3 Å². The second kappa shape index (κ2) is 8.95. The first-order chi connectivity index (χ1) is 13.1. The van der Waals surface area contributed by atoms with E-state index in [0.29, 0.717) is 12.1 Å². The fourth-order valence-electron chi connectivity index (χ4n) is 2.41. The van der Waals surface area contributed by atoms with E-state index < -0.39 is 35.8 Å². The second-order valence-corrected chi connectivity index (χ2v) is 6.05. The van der Waals surface area contributed by atoms with Crippen LogP contribution in [0, 0.1) is 11.6 Å². The number of ether oxygens (including phenoxy) is 1. The number of halogens is 5. The van der Waals surface area contributed by atoms with Gasteiger partial charge in [0.15, 0.2) is 5.78 Å². The Hall–Kier alpha value is -2.77. The van der Waals surface area contributed by atoms with E-state index in [2.05, 4.69) is 0 Å². The molecule has 0 unspecified atom stereocenters. The molecule has 0 bridgehead atoms. The van der Waals surface area contributed by atoms with Crippen molar-refractivity contribution in [2.45, 2.75) is 39.0 Å². The molecule has 0 radical (unpaired) electrons. The normalized spacial score (nSPS) is 11.4. The van der Waals surface area contributed by atoms with Crippen molar-refractivity contribution in [3.63, 3.8) is 0 Å². The lowest BCUT2D eigenvalue weighted by Gasteiger charge is -2.14. The molecule has 0 aromatic heterocycles. The lowest BCUT2D eigenvalue weighted by atomic mass is 10.0. The Morgan fingerprint density at radius 2 is 1.71 bits per heavy atom. The van der Waals surface area contributed by atoms with Gasteiger partial charge < -0.3 is 4.74 Å². The maximum absolute atomic E-state index is 13.7. The SMILES string of the molecule is CCC(=O)CCC(=O)c1cc(C(F)(F)F)ccc1OCc1ccc(F)cc1F. The van der Waals surface area contributed by atoms with Crippen LogP contribution in [0.25, 0.3) is 0 Å². The van der Waals surface area contributed by atoms with Crippen LogP contribution < -0.4 is 4.74 Å². The number of Topliss-reactive ketones (excluding diaryl/α,β-unsaturated/α-hetero) is 2. The van der Waals surface area contributed by atoms with E-state index in [9.17, 15) is 31.5 Å². The predicted octanol–water partition coefficient (Wildman–Crippen LogP) is 5.50. The average Bonchev–Trinajstić information content (AvgIpc) is 2.64. The predicted molar refractivity (Wildman–Crippen MR) is 91.0 cm³/mol. The third-order valence-corrected chi connectivity index (χ3v) is 4.03. The highest BCUT2D eigenvalue weighted by molar-refractivity contribution is 6.00. The van der Waals surface area contributed by atoms with Crippen molar-refractivity contribution in [2.75, 3.05) is 0 Å². The van der Waals surface area contributed by atoms with E-state index in [4.69, 9.17) is 4.74 Å². The first-order valence-electron chi connectivity index (χ1n) is 8.44. The van der Waals surface area contributed by atoms with Gasteiger partial charge in [-0.15, -0.1) is 0 Å². The van der Waals surface area contributed by atoms with Gasteiger partial charge in [-0.25, -0.2) is 8.78 Å². The van der Waals surface area contributed by atoms with Crippen LogP contribution in [-0.2, 0) is 17.6 Å². The van der Waals surface area contributed by atoms with Gasteiger partial charge in [0.05, 0.1) is 11.1 Å². The second-order valence-electron chi connectivity index (χ2n) is 6.05. The monoisotopic (exact) mass is 400 g/mol. The zero-order valence-corrected chi connectivity index (χ0v) is 14.9. The Morgan fingerprint density at radius 3 is 2.32 bits per heavy atom. The summed E-state index contributed by atoms with van der Waals surface area (Å²) in [6.45, 7) is 1.20. The van der Waals surface area contributed by atoms with Crippen LogP contribution in [0.15, 0.2) is 36.4 Å². The van der Waals surface area contributed by atoms with Crippen LogP contribution in [-0.4, -0.2) is 11.6 Å². The molecule has 0 N–H and O–H groups in total. The van der Waals surface area contributed by atoms with Crippen molar-refractivity contribution in [3.8, 4) is 5.75 Å². The van der Waals surface area contributed by atoms with Crippen molar-refractivity contribution < 1.29 is 36.3 Å². The third-order valence-electron chi connectivity index (χ3n) is 4.03. The molecule has 28 heavy (non-hydrogen) atoms. The molecule has 150 valence electrons. The highest BCUT2D eigenvalue weighted by Gasteiger charge is 2.32. The van der Waals surface area contributed by atoms with Gasteiger partial charge >= 0.3 is 6.18 Å². The molecule has 0 saturated carbocycles. The first-order valence-corrected chi connectivity index (χ1v) is 8.44. The largest absolute Gasteiger partial charge is 0.488 e. The Bertz CT molecular complexity index is 875. The summed E-state index contributed by atoms with van der Waals surface area (Å²) in [6.07, 6.45) is -4.83. The number of alkyl halides is 3. The fourth-order valence-corrected chi connectivity index (χ4v) is 2.41. The highest BCUT2D eigenvalue weighted by atomic mass is 19.4. The van der Waals surface area contributed by atoms with Crippen LogP contribution in [0.2, 0.25) is 0 Å². The molecule has 8 heteroatoms. The van der Waals surface area contributed by atoms with Crippen LogP contribution in [0.4, 0.5) is 22.0 Å². The van der Waals surface area contributed by atoms with Crippen molar-refractivity contribution >= 4 is 11.6 Å². The summed E-state index contributed by atoms with van der Waals surface area (Å²) in [4.78, 5) is 23.8. The van der Waals surface area contributed by atoms with Gasteiger partial charge in [0.1, 0.15) is 29.8 Å². The molecule has 2 rings (SSSR count). The molecule has 3 nitrogen and oxygen atoms in total. The summed E-state index contributed by atoms with van der Waals surface area (Å²) in [5.74, 6) is -2.73. The summed E-state index contributed by atoms with van der Waals surface area (Å²) < 4.78 is 70.9. The van der Waals surface area contributed by atoms with Gasteiger partial charge in [0, 0.05) is 30.9 Å². The topological polar surface area (TPSA) is 43.4 Å². The molecule has 2 aromatic carbocycles. The number of hydrogen-bond acceptors (Lipinski definition) is 3. The van der Waals surface area contributed by atoms with Crippen molar-refractivity contribution in [3.05, 3.63) is 64.7 Å². The summed E-state index contributed by atoms with van der Waals surface area (Å²) in [6, 6.07) is 5.15. The Morgan fingerprint density at radius 1 is 1.00 bits per heavy atom. The van der Waals surface area contributed by atoms with Crippen LogP contribution in [0.3, 0.4) is 0 Å². The maximum Gasteiger partial charge on any atom is 0.416 e. The summed E-state index contributed by atoms with van der Waals surface area (Å²) in [7, 11) is 0. The van der Waals surface area contributed by atoms with E-state index in [-0.39, 0.29) is 41.9 Å². The number of rotatable bonds is 8. The number of ketones is 2.